The Morgan fingerprint density at radius 1 is 0.929 bits per heavy atom. The summed E-state index contributed by atoms with van der Waals surface area (Å²) in [7, 11) is 0. The highest BCUT2D eigenvalue weighted by Crippen LogP contribution is 2.44. The standard InChI is InChI=1S/C33H37N3O6/c1-32(22-37,30(39)40)34-29(38)19-33(15-17-36(18-16-33)20-23-9-3-2-4-10-23)35-31(41)42-21-28-26-13-7-5-11-24(26)25-12-6-8-14-27(25)28/h2-14,28,37H,15-22H2,1H3,(H,34,38)(H,35,41)(H,39,40). The van der Waals surface area contributed by atoms with Crippen LogP contribution in [0.15, 0.2) is 78.9 Å². The predicted molar refractivity (Wildman–Crippen MR) is 158 cm³/mol. The minimum atomic E-state index is -1.82. The number of hydrogen-bond acceptors (Lipinski definition) is 6. The Labute approximate surface area is 245 Å². The Bertz CT molecular complexity index is 1390. The van der Waals surface area contributed by atoms with E-state index in [1.807, 2.05) is 42.5 Å². The first-order valence-corrected chi connectivity index (χ1v) is 14.3. The number of piperidine rings is 1. The van der Waals surface area contributed by atoms with Gasteiger partial charge in [0.05, 0.1) is 12.1 Å². The highest BCUT2D eigenvalue weighted by molar-refractivity contribution is 5.87. The molecule has 5 rings (SSSR count). The van der Waals surface area contributed by atoms with Crippen LogP contribution >= 0.6 is 0 Å². The number of hydrogen-bond donors (Lipinski definition) is 4. The average molecular weight is 572 g/mol. The number of aliphatic hydroxyl groups is 1. The van der Waals surface area contributed by atoms with Crippen LogP contribution in [-0.2, 0) is 20.9 Å². The summed E-state index contributed by atoms with van der Waals surface area (Å²) in [6.07, 6.45) is 0.185. The lowest BCUT2D eigenvalue weighted by Crippen LogP contribution is -2.60. The van der Waals surface area contributed by atoms with Crippen molar-refractivity contribution < 1.29 is 29.3 Å². The van der Waals surface area contributed by atoms with Crippen molar-refractivity contribution in [2.45, 2.75) is 49.7 Å². The van der Waals surface area contributed by atoms with Gasteiger partial charge in [0.1, 0.15) is 6.61 Å². The first kappa shape index (κ1) is 29.3. The van der Waals surface area contributed by atoms with E-state index in [4.69, 9.17) is 4.74 Å². The number of nitrogens with one attached hydrogen (secondary N) is 2. The minimum absolute atomic E-state index is 0.101. The Kier molecular flexibility index (Phi) is 8.61. The molecular weight excluding hydrogens is 534 g/mol. The van der Waals surface area contributed by atoms with Crippen LogP contribution in [0, 0.1) is 0 Å². The van der Waals surface area contributed by atoms with Gasteiger partial charge in [0, 0.05) is 32.0 Å². The molecule has 3 aromatic carbocycles. The largest absolute Gasteiger partial charge is 0.479 e. The third kappa shape index (κ3) is 6.32. The van der Waals surface area contributed by atoms with Crippen molar-refractivity contribution in [3.05, 3.63) is 95.6 Å². The molecule has 220 valence electrons. The van der Waals surface area contributed by atoms with Crippen LogP contribution < -0.4 is 10.6 Å². The number of carbonyl (C=O) groups is 3. The molecule has 0 bridgehead atoms. The lowest BCUT2D eigenvalue weighted by Gasteiger charge is -2.42. The van der Waals surface area contributed by atoms with E-state index in [0.29, 0.717) is 25.9 Å². The van der Waals surface area contributed by atoms with Gasteiger partial charge in [-0.15, -0.1) is 0 Å². The number of likely N-dealkylation sites (tertiary alicyclic amines) is 1. The van der Waals surface area contributed by atoms with Crippen molar-refractivity contribution in [2.24, 2.45) is 0 Å². The van der Waals surface area contributed by atoms with Crippen molar-refractivity contribution >= 4 is 18.0 Å². The van der Waals surface area contributed by atoms with E-state index >= 15 is 0 Å². The SMILES string of the molecule is CC(CO)(NC(=O)CC1(NC(=O)OCC2c3ccccc3-c3ccccc32)CCN(Cc2ccccc2)CC1)C(=O)O. The van der Waals surface area contributed by atoms with E-state index in [1.54, 1.807) is 0 Å². The minimum Gasteiger partial charge on any atom is -0.479 e. The van der Waals surface area contributed by atoms with Gasteiger partial charge in [-0.1, -0.05) is 78.9 Å². The first-order valence-electron chi connectivity index (χ1n) is 14.3. The van der Waals surface area contributed by atoms with Crippen molar-refractivity contribution in [3.8, 4) is 11.1 Å². The molecule has 1 saturated heterocycles. The third-order valence-electron chi connectivity index (χ3n) is 8.48. The number of carboxylic acid groups (broad SMARTS) is 1. The van der Waals surface area contributed by atoms with Crippen molar-refractivity contribution in [1.82, 2.24) is 15.5 Å². The molecule has 9 heteroatoms. The second-order valence-electron chi connectivity index (χ2n) is 11.5. The molecule has 2 aliphatic rings. The van der Waals surface area contributed by atoms with Crippen molar-refractivity contribution in [1.29, 1.82) is 0 Å². The molecule has 1 atom stereocenters. The molecule has 0 aromatic heterocycles. The maximum absolute atomic E-state index is 13.3. The third-order valence-corrected chi connectivity index (χ3v) is 8.48. The van der Waals surface area contributed by atoms with Crippen LogP contribution in [0.1, 0.15) is 48.8 Å². The molecule has 1 unspecified atom stereocenters. The molecule has 9 nitrogen and oxygen atoms in total. The molecule has 2 amide bonds. The fourth-order valence-corrected chi connectivity index (χ4v) is 6.00. The maximum Gasteiger partial charge on any atom is 0.407 e. The Hall–Kier alpha value is -4.21. The summed E-state index contributed by atoms with van der Waals surface area (Å²) in [5.41, 5.74) is 2.88. The Balaban J connectivity index is 1.28. The topological polar surface area (TPSA) is 128 Å². The van der Waals surface area contributed by atoms with Gasteiger partial charge in [-0.25, -0.2) is 9.59 Å². The molecule has 0 spiro atoms. The summed E-state index contributed by atoms with van der Waals surface area (Å²) in [6, 6.07) is 26.3. The summed E-state index contributed by atoms with van der Waals surface area (Å²) in [5, 5.41) is 24.6. The van der Waals surface area contributed by atoms with Gasteiger partial charge < -0.3 is 25.6 Å². The van der Waals surface area contributed by atoms with Crippen LogP contribution in [-0.4, -0.2) is 70.5 Å². The number of carboxylic acids is 1. The van der Waals surface area contributed by atoms with Crippen LogP contribution in [0.4, 0.5) is 4.79 Å². The van der Waals surface area contributed by atoms with Gasteiger partial charge in [0.2, 0.25) is 5.91 Å². The quantitative estimate of drug-likeness (QED) is 0.291. The van der Waals surface area contributed by atoms with Gasteiger partial charge in [-0.05, 0) is 47.6 Å². The van der Waals surface area contributed by atoms with Crippen LogP contribution in [0.25, 0.3) is 11.1 Å². The number of rotatable bonds is 10. The van der Waals surface area contributed by atoms with Crippen LogP contribution in [0.2, 0.25) is 0 Å². The van der Waals surface area contributed by atoms with Gasteiger partial charge in [0.25, 0.3) is 0 Å². The second kappa shape index (κ2) is 12.3. The van der Waals surface area contributed by atoms with Gasteiger partial charge >= 0.3 is 12.1 Å². The molecule has 3 aromatic rings. The summed E-state index contributed by atoms with van der Waals surface area (Å²) in [5.74, 6) is -2.00. The number of ether oxygens (including phenoxy) is 1. The summed E-state index contributed by atoms with van der Waals surface area (Å²) >= 11 is 0. The first-order chi connectivity index (χ1) is 20.2. The lowest BCUT2D eigenvalue weighted by atomic mass is 9.83. The Morgan fingerprint density at radius 2 is 1.50 bits per heavy atom. The molecule has 1 aliphatic carbocycles. The fourth-order valence-electron chi connectivity index (χ4n) is 6.00. The summed E-state index contributed by atoms with van der Waals surface area (Å²) < 4.78 is 5.80. The zero-order chi connectivity index (χ0) is 29.7. The lowest BCUT2D eigenvalue weighted by molar-refractivity contribution is -0.149. The molecule has 1 fully saturated rings. The van der Waals surface area contributed by atoms with Crippen LogP contribution in [0.3, 0.4) is 0 Å². The highest BCUT2D eigenvalue weighted by atomic mass is 16.5. The van der Waals surface area contributed by atoms with E-state index in [2.05, 4.69) is 51.9 Å². The number of aliphatic hydroxyl groups excluding tert-OH is 1. The molecule has 1 heterocycles. The summed E-state index contributed by atoms with van der Waals surface area (Å²) in [6.45, 7) is 2.64. The maximum atomic E-state index is 13.3. The molecule has 1 aliphatic heterocycles. The normalized spacial score (nSPS) is 17.4. The van der Waals surface area contributed by atoms with Gasteiger partial charge in [-0.3, -0.25) is 9.69 Å². The number of fused-ring (bicyclic) bond motifs is 3. The molecular formula is C33H37N3O6. The summed E-state index contributed by atoms with van der Waals surface area (Å²) in [4.78, 5) is 40.3. The monoisotopic (exact) mass is 571 g/mol. The van der Waals surface area contributed by atoms with E-state index in [9.17, 15) is 24.6 Å². The number of amides is 2. The predicted octanol–water partition coefficient (Wildman–Crippen LogP) is 3.90. The number of aliphatic carboxylic acids is 1. The zero-order valence-electron chi connectivity index (χ0n) is 23.7. The number of alkyl carbamates (subject to hydrolysis) is 1. The average Bonchev–Trinajstić information content (AvgIpc) is 3.31. The second-order valence-corrected chi connectivity index (χ2v) is 11.5. The van der Waals surface area contributed by atoms with Crippen LogP contribution in [0.5, 0.6) is 0 Å². The number of nitrogens with zero attached hydrogens (tertiary/aromatic N) is 1. The van der Waals surface area contributed by atoms with Crippen molar-refractivity contribution in [2.75, 3.05) is 26.3 Å². The molecule has 0 saturated carbocycles. The molecule has 4 N–H and O–H groups in total. The smallest absolute Gasteiger partial charge is 0.407 e. The zero-order valence-corrected chi connectivity index (χ0v) is 23.7. The van der Waals surface area contributed by atoms with Gasteiger partial charge in [0.15, 0.2) is 5.54 Å². The number of carbonyl (C=O) groups excluding carboxylic acids is 2. The van der Waals surface area contributed by atoms with E-state index in [1.165, 1.54) is 12.5 Å². The molecule has 42 heavy (non-hydrogen) atoms. The van der Waals surface area contributed by atoms with E-state index in [-0.39, 0.29) is 18.9 Å². The van der Waals surface area contributed by atoms with Gasteiger partial charge in [-0.2, -0.15) is 0 Å². The number of benzene rings is 3. The fraction of sp³-hybridized carbons (Fsp3) is 0.364. The molecule has 0 radical (unpaired) electrons. The van der Waals surface area contributed by atoms with E-state index < -0.39 is 35.7 Å². The van der Waals surface area contributed by atoms with Crippen molar-refractivity contribution in [3.63, 3.8) is 0 Å². The highest BCUT2D eigenvalue weighted by Gasteiger charge is 2.41. The Morgan fingerprint density at radius 3 is 2.07 bits per heavy atom. The van der Waals surface area contributed by atoms with E-state index in [0.717, 1.165) is 28.8 Å².